The number of nitrogens with zero attached hydrogens (tertiary/aromatic N) is 4. The lowest BCUT2D eigenvalue weighted by Gasteiger charge is -2.26. The summed E-state index contributed by atoms with van der Waals surface area (Å²) in [6.07, 6.45) is 0. The van der Waals surface area contributed by atoms with Crippen molar-refractivity contribution in [3.63, 3.8) is 0 Å². The van der Waals surface area contributed by atoms with E-state index in [0.717, 1.165) is 77.6 Å². The second-order valence-electron chi connectivity index (χ2n) is 13.3. The molecule has 254 valence electrons. The van der Waals surface area contributed by atoms with E-state index in [1.165, 1.54) is 0 Å². The van der Waals surface area contributed by atoms with Gasteiger partial charge in [-0.3, -0.25) is 0 Å². The Hall–Kier alpha value is -7.37. The highest BCUT2D eigenvalue weighted by Crippen LogP contribution is 2.43. The van der Waals surface area contributed by atoms with E-state index in [9.17, 15) is 0 Å². The van der Waals surface area contributed by atoms with Gasteiger partial charge >= 0.3 is 0 Å². The minimum Gasteiger partial charge on any atom is -0.455 e. The Morgan fingerprint density at radius 2 is 0.833 bits per heavy atom. The van der Waals surface area contributed by atoms with Crippen molar-refractivity contribution >= 4 is 49.8 Å². The standard InChI is InChI=1S/C49H32N4O/c1-5-15-33(16-6-1)34-25-27-36(28-26-34)48-50-47(35-17-7-2-8-18-35)51-49(52-48)44-32-43-40-23-13-14-24-45(40)54-46(43)41-30-29-39(31-42(41)44)53(37-19-9-3-10-20-37)38-21-11-4-12-22-38/h1-32H. The molecule has 2 heterocycles. The molecule has 0 N–H and O–H groups in total. The number of fused-ring (bicyclic) bond motifs is 5. The number of rotatable bonds is 7. The molecule has 10 rings (SSSR count). The van der Waals surface area contributed by atoms with Gasteiger partial charge in [-0.25, -0.2) is 15.0 Å². The average molecular weight is 693 g/mol. The second kappa shape index (κ2) is 13.3. The van der Waals surface area contributed by atoms with Gasteiger partial charge in [0.1, 0.15) is 11.2 Å². The van der Waals surface area contributed by atoms with E-state index in [1.54, 1.807) is 0 Å². The SMILES string of the molecule is c1ccc(-c2ccc(-c3nc(-c4ccccc4)nc(-c4cc5c6ccccc6oc5c5ccc(N(c6ccccc6)c6ccccc6)cc45)n3)cc2)cc1. The van der Waals surface area contributed by atoms with E-state index in [0.29, 0.717) is 17.5 Å². The Morgan fingerprint density at radius 3 is 1.48 bits per heavy atom. The van der Waals surface area contributed by atoms with Crippen molar-refractivity contribution in [2.24, 2.45) is 0 Å². The summed E-state index contributed by atoms with van der Waals surface area (Å²) in [5, 5.41) is 4.02. The average Bonchev–Trinajstić information content (AvgIpc) is 3.63. The van der Waals surface area contributed by atoms with Gasteiger partial charge in [0.15, 0.2) is 17.5 Å². The number of anilines is 3. The molecule has 0 aliphatic heterocycles. The van der Waals surface area contributed by atoms with Gasteiger partial charge in [0.2, 0.25) is 0 Å². The summed E-state index contributed by atoms with van der Waals surface area (Å²) in [4.78, 5) is 17.8. The zero-order chi connectivity index (χ0) is 35.8. The van der Waals surface area contributed by atoms with Crippen LogP contribution in [-0.4, -0.2) is 15.0 Å². The summed E-state index contributed by atoms with van der Waals surface area (Å²) in [6.45, 7) is 0. The van der Waals surface area contributed by atoms with Gasteiger partial charge in [-0.15, -0.1) is 0 Å². The maximum absolute atomic E-state index is 6.59. The number of furan rings is 1. The summed E-state index contributed by atoms with van der Waals surface area (Å²) >= 11 is 0. The maximum Gasteiger partial charge on any atom is 0.164 e. The van der Waals surface area contributed by atoms with Crippen LogP contribution in [0.5, 0.6) is 0 Å². The molecule has 5 nitrogen and oxygen atoms in total. The predicted octanol–water partition coefficient (Wildman–Crippen LogP) is 13.1. The molecule has 0 spiro atoms. The minimum absolute atomic E-state index is 0.589. The Bertz CT molecular complexity index is 2870. The third kappa shape index (κ3) is 5.65. The molecular formula is C49H32N4O. The third-order valence-corrected chi connectivity index (χ3v) is 9.91. The lowest BCUT2D eigenvalue weighted by molar-refractivity contribution is 0.672. The third-order valence-electron chi connectivity index (χ3n) is 9.91. The first kappa shape index (κ1) is 31.4. The van der Waals surface area contributed by atoms with Crippen LogP contribution in [-0.2, 0) is 0 Å². The van der Waals surface area contributed by atoms with Crippen LogP contribution < -0.4 is 4.90 Å². The molecule has 0 unspecified atom stereocenters. The molecular weight excluding hydrogens is 661 g/mol. The van der Waals surface area contributed by atoms with E-state index >= 15 is 0 Å². The molecule has 0 fully saturated rings. The van der Waals surface area contributed by atoms with Gasteiger partial charge in [-0.2, -0.15) is 0 Å². The Kier molecular flexibility index (Phi) is 7.73. The largest absolute Gasteiger partial charge is 0.455 e. The number of benzene rings is 8. The number of aromatic nitrogens is 3. The van der Waals surface area contributed by atoms with Crippen LogP contribution in [0.1, 0.15) is 0 Å². The molecule has 0 saturated carbocycles. The minimum atomic E-state index is 0.589. The first-order valence-corrected chi connectivity index (χ1v) is 18.0. The second-order valence-corrected chi connectivity index (χ2v) is 13.3. The van der Waals surface area contributed by atoms with Crippen molar-refractivity contribution in [1.29, 1.82) is 0 Å². The molecule has 10 aromatic rings. The lowest BCUT2D eigenvalue weighted by Crippen LogP contribution is -2.09. The summed E-state index contributed by atoms with van der Waals surface area (Å²) < 4.78 is 6.59. The van der Waals surface area contributed by atoms with E-state index < -0.39 is 0 Å². The van der Waals surface area contributed by atoms with Crippen molar-refractivity contribution < 1.29 is 4.42 Å². The van der Waals surface area contributed by atoms with Crippen molar-refractivity contribution in [2.75, 3.05) is 4.90 Å². The molecule has 0 amide bonds. The normalized spacial score (nSPS) is 11.3. The Morgan fingerprint density at radius 1 is 0.333 bits per heavy atom. The zero-order valence-corrected chi connectivity index (χ0v) is 29.2. The lowest BCUT2D eigenvalue weighted by atomic mass is 9.98. The molecule has 0 bridgehead atoms. The van der Waals surface area contributed by atoms with Gasteiger partial charge in [-0.05, 0) is 71.1 Å². The highest BCUT2D eigenvalue weighted by Gasteiger charge is 2.21. The van der Waals surface area contributed by atoms with Crippen LogP contribution in [0, 0.1) is 0 Å². The summed E-state index contributed by atoms with van der Waals surface area (Å²) in [7, 11) is 0. The molecule has 0 aliphatic rings. The molecule has 0 radical (unpaired) electrons. The van der Waals surface area contributed by atoms with E-state index in [1.807, 2.05) is 60.7 Å². The fourth-order valence-corrected chi connectivity index (χ4v) is 7.29. The quantitative estimate of drug-likeness (QED) is 0.166. The highest BCUT2D eigenvalue weighted by atomic mass is 16.3. The molecule has 0 aliphatic carbocycles. The number of hydrogen-bond acceptors (Lipinski definition) is 5. The number of hydrogen-bond donors (Lipinski definition) is 0. The number of para-hydroxylation sites is 3. The van der Waals surface area contributed by atoms with Crippen LogP contribution >= 0.6 is 0 Å². The smallest absolute Gasteiger partial charge is 0.164 e. The van der Waals surface area contributed by atoms with Crippen LogP contribution in [0.3, 0.4) is 0 Å². The van der Waals surface area contributed by atoms with E-state index in [4.69, 9.17) is 19.4 Å². The topological polar surface area (TPSA) is 55.1 Å². The van der Waals surface area contributed by atoms with Crippen molar-refractivity contribution in [3.05, 3.63) is 194 Å². The maximum atomic E-state index is 6.59. The van der Waals surface area contributed by atoms with Crippen LogP contribution in [0.4, 0.5) is 17.1 Å². The summed E-state index contributed by atoms with van der Waals surface area (Å²) in [5.74, 6) is 1.81. The van der Waals surface area contributed by atoms with E-state index in [-0.39, 0.29) is 0 Å². The molecule has 0 atom stereocenters. The Labute approximate surface area is 312 Å². The van der Waals surface area contributed by atoms with Gasteiger partial charge in [0.25, 0.3) is 0 Å². The highest BCUT2D eigenvalue weighted by molar-refractivity contribution is 6.19. The molecule has 54 heavy (non-hydrogen) atoms. The fraction of sp³-hybridized carbons (Fsp3) is 0. The van der Waals surface area contributed by atoms with Gasteiger partial charge in [0.05, 0.1) is 0 Å². The first-order chi connectivity index (χ1) is 26.8. The van der Waals surface area contributed by atoms with Gasteiger partial charge < -0.3 is 9.32 Å². The molecule has 8 aromatic carbocycles. The van der Waals surface area contributed by atoms with Crippen LogP contribution in [0.15, 0.2) is 199 Å². The summed E-state index contributed by atoms with van der Waals surface area (Å²) in [5.41, 5.74) is 9.81. The van der Waals surface area contributed by atoms with Crippen molar-refractivity contribution in [1.82, 2.24) is 15.0 Å². The molecule has 2 aromatic heterocycles. The molecule has 0 saturated heterocycles. The van der Waals surface area contributed by atoms with Crippen LogP contribution in [0.25, 0.3) is 78.0 Å². The van der Waals surface area contributed by atoms with Gasteiger partial charge in [-0.1, -0.05) is 140 Å². The van der Waals surface area contributed by atoms with E-state index in [2.05, 4.69) is 138 Å². The fourth-order valence-electron chi connectivity index (χ4n) is 7.29. The monoisotopic (exact) mass is 692 g/mol. The summed E-state index contributed by atoms with van der Waals surface area (Å²) in [6, 6.07) is 66.8. The van der Waals surface area contributed by atoms with Crippen molar-refractivity contribution in [3.8, 4) is 45.3 Å². The zero-order valence-electron chi connectivity index (χ0n) is 29.2. The van der Waals surface area contributed by atoms with Gasteiger partial charge in [0, 0.05) is 49.9 Å². The predicted molar refractivity (Wildman–Crippen MR) is 221 cm³/mol. The first-order valence-electron chi connectivity index (χ1n) is 18.0. The molecule has 5 heteroatoms. The van der Waals surface area contributed by atoms with Crippen molar-refractivity contribution in [2.45, 2.75) is 0 Å². The Balaban J connectivity index is 1.23. The van der Waals surface area contributed by atoms with Crippen LogP contribution in [0.2, 0.25) is 0 Å².